The second-order valence-electron chi connectivity index (χ2n) is 3.59. The minimum absolute atomic E-state index is 0.102. The number of nitrogens with one attached hydrogen (secondary N) is 1. The van der Waals surface area contributed by atoms with Gasteiger partial charge in [0, 0.05) is 24.6 Å². The van der Waals surface area contributed by atoms with E-state index in [0.717, 1.165) is 23.8 Å². The molecular formula is C10H19N3OS. The number of nitrogens with two attached hydrogens (primary N) is 1. The molecule has 0 amide bonds. The molecule has 0 bridgehead atoms. The lowest BCUT2D eigenvalue weighted by atomic mass is 10.2. The normalized spacial score (nSPS) is 12.8. The van der Waals surface area contributed by atoms with Crippen molar-refractivity contribution in [3.05, 3.63) is 10.6 Å². The molecule has 15 heavy (non-hydrogen) atoms. The van der Waals surface area contributed by atoms with Crippen LogP contribution >= 0.6 is 11.3 Å². The molecule has 1 atom stereocenters. The second-order valence-corrected chi connectivity index (χ2v) is 4.79. The summed E-state index contributed by atoms with van der Waals surface area (Å²) >= 11 is 1.69. The molecule has 4 nitrogen and oxygen atoms in total. The van der Waals surface area contributed by atoms with Gasteiger partial charge < -0.3 is 15.8 Å². The number of methoxy groups -OCH3 is 1. The molecular weight excluding hydrogens is 210 g/mol. The van der Waals surface area contributed by atoms with Crippen LogP contribution in [0.1, 0.15) is 17.0 Å². The summed E-state index contributed by atoms with van der Waals surface area (Å²) in [6.07, 6.45) is 0.894. The number of nitrogens with zero attached hydrogens (tertiary/aromatic N) is 1. The van der Waals surface area contributed by atoms with Crippen molar-refractivity contribution in [2.24, 2.45) is 5.73 Å². The lowest BCUT2D eigenvalue weighted by Gasteiger charge is -2.09. The van der Waals surface area contributed by atoms with Crippen molar-refractivity contribution < 1.29 is 4.74 Å². The van der Waals surface area contributed by atoms with Crippen LogP contribution in [0.2, 0.25) is 0 Å². The van der Waals surface area contributed by atoms with Gasteiger partial charge in [-0.1, -0.05) is 0 Å². The van der Waals surface area contributed by atoms with E-state index in [1.54, 1.807) is 18.4 Å². The van der Waals surface area contributed by atoms with Crippen LogP contribution in [0.5, 0.6) is 0 Å². The summed E-state index contributed by atoms with van der Waals surface area (Å²) < 4.78 is 4.96. The first-order valence-electron chi connectivity index (χ1n) is 5.06. The summed E-state index contributed by atoms with van der Waals surface area (Å²) in [7, 11) is 1.67. The Kier molecular flexibility index (Phi) is 5.01. The second kappa shape index (κ2) is 6.05. The summed E-state index contributed by atoms with van der Waals surface area (Å²) in [5, 5.41) is 4.25. The zero-order chi connectivity index (χ0) is 11.3. The predicted octanol–water partition coefficient (Wildman–Crippen LogP) is 1.54. The Morgan fingerprint density at radius 1 is 1.53 bits per heavy atom. The molecule has 1 unspecified atom stereocenters. The van der Waals surface area contributed by atoms with E-state index in [0.29, 0.717) is 6.61 Å². The fourth-order valence-electron chi connectivity index (χ4n) is 1.21. The molecule has 0 fully saturated rings. The smallest absolute Gasteiger partial charge is 0.183 e. The van der Waals surface area contributed by atoms with Gasteiger partial charge in [-0.05, 0) is 20.3 Å². The van der Waals surface area contributed by atoms with E-state index in [1.807, 2.05) is 6.92 Å². The van der Waals surface area contributed by atoms with Crippen LogP contribution in [0.4, 0.5) is 5.13 Å². The molecule has 86 valence electrons. The SMILES string of the molecule is COCC(N)CCNc1nc(C)c(C)s1. The van der Waals surface area contributed by atoms with Gasteiger partial charge in [0.15, 0.2) is 5.13 Å². The highest BCUT2D eigenvalue weighted by Gasteiger charge is 2.04. The molecule has 1 heterocycles. The maximum absolute atomic E-state index is 5.80. The average molecular weight is 229 g/mol. The number of aromatic nitrogens is 1. The summed E-state index contributed by atoms with van der Waals surface area (Å²) in [5.41, 5.74) is 6.90. The third kappa shape index (κ3) is 4.15. The average Bonchev–Trinajstić information content (AvgIpc) is 2.46. The van der Waals surface area contributed by atoms with Crippen molar-refractivity contribution in [2.45, 2.75) is 26.3 Å². The first kappa shape index (κ1) is 12.4. The van der Waals surface area contributed by atoms with Gasteiger partial charge in [-0.2, -0.15) is 0 Å². The molecule has 0 aromatic carbocycles. The predicted molar refractivity (Wildman–Crippen MR) is 64.5 cm³/mol. The van der Waals surface area contributed by atoms with Crippen LogP contribution in [0.3, 0.4) is 0 Å². The van der Waals surface area contributed by atoms with E-state index in [4.69, 9.17) is 10.5 Å². The molecule has 3 N–H and O–H groups in total. The van der Waals surface area contributed by atoms with Crippen LogP contribution in [0, 0.1) is 13.8 Å². The van der Waals surface area contributed by atoms with Crippen molar-refractivity contribution in [3.8, 4) is 0 Å². The van der Waals surface area contributed by atoms with Gasteiger partial charge in [0.1, 0.15) is 0 Å². The van der Waals surface area contributed by atoms with Crippen molar-refractivity contribution in [1.29, 1.82) is 0 Å². The number of hydrogen-bond donors (Lipinski definition) is 2. The monoisotopic (exact) mass is 229 g/mol. The number of thiazole rings is 1. The van der Waals surface area contributed by atoms with Gasteiger partial charge >= 0.3 is 0 Å². The third-order valence-corrected chi connectivity index (χ3v) is 3.23. The van der Waals surface area contributed by atoms with Gasteiger partial charge in [-0.25, -0.2) is 4.98 Å². The topological polar surface area (TPSA) is 60.2 Å². The fraction of sp³-hybridized carbons (Fsp3) is 0.700. The van der Waals surface area contributed by atoms with Gasteiger partial charge in [-0.15, -0.1) is 11.3 Å². The van der Waals surface area contributed by atoms with Crippen molar-refractivity contribution in [2.75, 3.05) is 25.6 Å². The lowest BCUT2D eigenvalue weighted by molar-refractivity contribution is 0.178. The van der Waals surface area contributed by atoms with E-state index < -0.39 is 0 Å². The first-order chi connectivity index (χ1) is 7.13. The Bertz CT molecular complexity index is 281. The summed E-state index contributed by atoms with van der Waals surface area (Å²) in [5.74, 6) is 0. The van der Waals surface area contributed by atoms with Crippen molar-refractivity contribution >= 4 is 16.5 Å². The van der Waals surface area contributed by atoms with Crippen LogP contribution in [-0.2, 0) is 4.74 Å². The molecule has 0 saturated heterocycles. The van der Waals surface area contributed by atoms with Gasteiger partial charge in [0.25, 0.3) is 0 Å². The summed E-state index contributed by atoms with van der Waals surface area (Å²) in [6.45, 7) is 5.55. The Hall–Kier alpha value is -0.650. The van der Waals surface area contributed by atoms with Crippen LogP contribution < -0.4 is 11.1 Å². The van der Waals surface area contributed by atoms with E-state index in [-0.39, 0.29) is 6.04 Å². The Morgan fingerprint density at radius 3 is 2.80 bits per heavy atom. The highest BCUT2D eigenvalue weighted by Crippen LogP contribution is 2.20. The van der Waals surface area contributed by atoms with Gasteiger partial charge in [-0.3, -0.25) is 0 Å². The van der Waals surface area contributed by atoms with Gasteiger partial charge in [0.2, 0.25) is 0 Å². The third-order valence-electron chi connectivity index (χ3n) is 2.20. The Morgan fingerprint density at radius 2 is 2.27 bits per heavy atom. The van der Waals surface area contributed by atoms with E-state index in [2.05, 4.69) is 17.2 Å². The molecule has 5 heteroatoms. The van der Waals surface area contributed by atoms with Crippen LogP contribution in [0.25, 0.3) is 0 Å². The quantitative estimate of drug-likeness (QED) is 0.776. The zero-order valence-corrected chi connectivity index (χ0v) is 10.4. The summed E-state index contributed by atoms with van der Waals surface area (Å²) in [4.78, 5) is 5.65. The molecule has 0 radical (unpaired) electrons. The van der Waals surface area contributed by atoms with Gasteiger partial charge in [0.05, 0.1) is 12.3 Å². The Balaban J connectivity index is 2.25. The maximum Gasteiger partial charge on any atom is 0.183 e. The van der Waals surface area contributed by atoms with Crippen LogP contribution in [-0.4, -0.2) is 31.3 Å². The summed E-state index contributed by atoms with van der Waals surface area (Å²) in [6, 6.07) is 0.102. The molecule has 0 spiro atoms. The minimum Gasteiger partial charge on any atom is -0.383 e. The largest absolute Gasteiger partial charge is 0.383 e. The van der Waals surface area contributed by atoms with Crippen molar-refractivity contribution in [1.82, 2.24) is 4.98 Å². The van der Waals surface area contributed by atoms with E-state index >= 15 is 0 Å². The molecule has 1 aromatic rings. The lowest BCUT2D eigenvalue weighted by Crippen LogP contribution is -2.28. The first-order valence-corrected chi connectivity index (χ1v) is 5.87. The molecule has 0 aliphatic carbocycles. The number of anilines is 1. The maximum atomic E-state index is 5.80. The standard InChI is InChI=1S/C10H19N3OS/c1-7-8(2)15-10(13-7)12-5-4-9(11)6-14-3/h9H,4-6,11H2,1-3H3,(H,12,13). The highest BCUT2D eigenvalue weighted by atomic mass is 32.1. The zero-order valence-electron chi connectivity index (χ0n) is 9.54. The number of hydrogen-bond acceptors (Lipinski definition) is 5. The Labute approximate surface area is 94.8 Å². The molecule has 0 aliphatic heterocycles. The van der Waals surface area contributed by atoms with E-state index in [9.17, 15) is 0 Å². The molecule has 1 rings (SSSR count). The number of rotatable bonds is 6. The fourth-order valence-corrected chi connectivity index (χ4v) is 2.05. The number of aryl methyl sites for hydroxylation is 2. The van der Waals surface area contributed by atoms with Crippen molar-refractivity contribution in [3.63, 3.8) is 0 Å². The van der Waals surface area contributed by atoms with Crippen LogP contribution in [0.15, 0.2) is 0 Å². The number of ether oxygens (including phenoxy) is 1. The molecule has 0 saturated carbocycles. The molecule has 0 aliphatic rings. The highest BCUT2D eigenvalue weighted by molar-refractivity contribution is 7.15. The minimum atomic E-state index is 0.102. The molecule has 1 aromatic heterocycles. The van der Waals surface area contributed by atoms with E-state index in [1.165, 1.54) is 4.88 Å².